The first kappa shape index (κ1) is 10.6. The molecule has 1 aromatic carbocycles. The largest absolute Gasteiger partial charge is 0.375 e. The molecule has 0 radical (unpaired) electrons. The number of nitrogens with one attached hydrogen (secondary N) is 1. The summed E-state index contributed by atoms with van der Waals surface area (Å²) in [7, 11) is 1.32. The van der Waals surface area contributed by atoms with Crippen molar-refractivity contribution in [3.05, 3.63) is 29.8 Å². The van der Waals surface area contributed by atoms with Crippen molar-refractivity contribution < 1.29 is 18.3 Å². The molecule has 14 heavy (non-hydrogen) atoms. The van der Waals surface area contributed by atoms with Gasteiger partial charge in [-0.3, -0.25) is 4.79 Å². The summed E-state index contributed by atoms with van der Waals surface area (Å²) < 4.78 is 30.4. The van der Waals surface area contributed by atoms with E-state index in [1.165, 1.54) is 13.2 Å². The highest BCUT2D eigenvalue weighted by atomic mass is 19.1. The number of carbonyl (C=O) groups excluding carboxylic acids is 1. The Kier molecular flexibility index (Phi) is 3.53. The van der Waals surface area contributed by atoms with Crippen LogP contribution in [0.5, 0.6) is 0 Å². The van der Waals surface area contributed by atoms with Gasteiger partial charge in [0, 0.05) is 7.11 Å². The molecule has 0 spiro atoms. The zero-order valence-corrected chi connectivity index (χ0v) is 7.51. The molecule has 76 valence electrons. The average Bonchev–Trinajstić information content (AvgIpc) is 2.12. The van der Waals surface area contributed by atoms with Crippen molar-refractivity contribution in [1.29, 1.82) is 0 Å². The summed E-state index contributed by atoms with van der Waals surface area (Å²) in [5.41, 5.74) is -0.449. The molecule has 0 aliphatic heterocycles. The number of amides is 1. The predicted molar refractivity (Wildman–Crippen MR) is 46.9 cm³/mol. The van der Waals surface area contributed by atoms with Crippen molar-refractivity contribution in [2.75, 3.05) is 19.0 Å². The fourth-order valence-electron chi connectivity index (χ4n) is 0.924. The number of carbonyl (C=O) groups is 1. The normalized spacial score (nSPS) is 9.93. The summed E-state index contributed by atoms with van der Waals surface area (Å²) in [5, 5.41) is 2.07. The molecule has 0 aliphatic carbocycles. The number of hydrogen-bond acceptors (Lipinski definition) is 2. The quantitative estimate of drug-likeness (QED) is 0.805. The van der Waals surface area contributed by atoms with Gasteiger partial charge < -0.3 is 10.1 Å². The lowest BCUT2D eigenvalue weighted by atomic mass is 10.3. The van der Waals surface area contributed by atoms with Crippen molar-refractivity contribution >= 4 is 11.6 Å². The highest BCUT2D eigenvalue weighted by Gasteiger charge is 2.10. The highest BCUT2D eigenvalue weighted by Crippen LogP contribution is 2.17. The van der Waals surface area contributed by atoms with E-state index in [-0.39, 0.29) is 6.61 Å². The Morgan fingerprint density at radius 1 is 1.43 bits per heavy atom. The van der Waals surface area contributed by atoms with Gasteiger partial charge >= 0.3 is 0 Å². The molecule has 0 heterocycles. The van der Waals surface area contributed by atoms with Crippen LogP contribution in [0.2, 0.25) is 0 Å². The predicted octanol–water partition coefficient (Wildman–Crippen LogP) is 1.55. The second kappa shape index (κ2) is 4.66. The Morgan fingerprint density at radius 3 is 2.50 bits per heavy atom. The number of methoxy groups -OCH3 is 1. The van der Waals surface area contributed by atoms with Gasteiger partial charge in [0.1, 0.15) is 23.9 Å². The Bertz CT molecular complexity index is 321. The summed E-state index contributed by atoms with van der Waals surface area (Å²) in [6.45, 7) is -0.242. The lowest BCUT2D eigenvalue weighted by molar-refractivity contribution is -0.119. The van der Waals surface area contributed by atoms with Gasteiger partial charge in [-0.05, 0) is 12.1 Å². The summed E-state index contributed by atoms with van der Waals surface area (Å²) in [4.78, 5) is 10.9. The van der Waals surface area contributed by atoms with Crippen molar-refractivity contribution in [2.45, 2.75) is 0 Å². The van der Waals surface area contributed by atoms with Crippen LogP contribution in [0.3, 0.4) is 0 Å². The molecule has 0 saturated heterocycles. The molecule has 0 aliphatic rings. The van der Waals surface area contributed by atoms with Gasteiger partial charge in [0.25, 0.3) is 5.91 Å². The van der Waals surface area contributed by atoms with Crippen molar-refractivity contribution in [2.24, 2.45) is 0 Å². The molecule has 1 N–H and O–H groups in total. The lowest BCUT2D eigenvalue weighted by Crippen LogP contribution is -2.18. The van der Waals surface area contributed by atoms with E-state index in [9.17, 15) is 13.6 Å². The van der Waals surface area contributed by atoms with E-state index in [0.29, 0.717) is 0 Å². The fourth-order valence-corrected chi connectivity index (χ4v) is 0.924. The minimum absolute atomic E-state index is 0.242. The molecule has 1 amide bonds. The monoisotopic (exact) mass is 201 g/mol. The van der Waals surface area contributed by atoms with Crippen LogP contribution in [0.4, 0.5) is 14.5 Å². The van der Waals surface area contributed by atoms with E-state index in [1.807, 2.05) is 0 Å². The third-order valence-corrected chi connectivity index (χ3v) is 1.50. The van der Waals surface area contributed by atoms with Crippen LogP contribution in [0.15, 0.2) is 18.2 Å². The van der Waals surface area contributed by atoms with Crippen LogP contribution in [0.25, 0.3) is 0 Å². The molecule has 0 aromatic heterocycles. The topological polar surface area (TPSA) is 38.3 Å². The molecular weight excluding hydrogens is 192 g/mol. The zero-order valence-electron chi connectivity index (χ0n) is 7.51. The SMILES string of the molecule is COCC(=O)Nc1c(F)cccc1F. The third-order valence-electron chi connectivity index (χ3n) is 1.50. The Balaban J connectivity index is 2.80. The zero-order chi connectivity index (χ0) is 10.6. The van der Waals surface area contributed by atoms with Gasteiger partial charge in [-0.25, -0.2) is 8.78 Å². The van der Waals surface area contributed by atoms with E-state index >= 15 is 0 Å². The van der Waals surface area contributed by atoms with E-state index in [2.05, 4.69) is 10.1 Å². The maximum absolute atomic E-state index is 13.0. The summed E-state index contributed by atoms with van der Waals surface area (Å²) in [6.07, 6.45) is 0. The van der Waals surface area contributed by atoms with E-state index in [4.69, 9.17) is 0 Å². The van der Waals surface area contributed by atoms with E-state index in [1.54, 1.807) is 0 Å². The minimum Gasteiger partial charge on any atom is -0.375 e. The molecule has 0 bridgehead atoms. The van der Waals surface area contributed by atoms with Crippen molar-refractivity contribution in [1.82, 2.24) is 0 Å². The highest BCUT2D eigenvalue weighted by molar-refractivity contribution is 5.91. The molecule has 3 nitrogen and oxygen atoms in total. The second-order valence-electron chi connectivity index (χ2n) is 2.58. The first-order valence-corrected chi connectivity index (χ1v) is 3.88. The summed E-state index contributed by atoms with van der Waals surface area (Å²) in [6, 6.07) is 3.34. The Labute approximate surface area is 79.7 Å². The third kappa shape index (κ3) is 2.50. The van der Waals surface area contributed by atoms with Crippen LogP contribution in [0.1, 0.15) is 0 Å². The first-order chi connectivity index (χ1) is 6.65. The molecule has 1 rings (SSSR count). The lowest BCUT2D eigenvalue weighted by Gasteiger charge is -2.06. The van der Waals surface area contributed by atoms with Crippen LogP contribution in [0, 0.1) is 11.6 Å². The number of hydrogen-bond donors (Lipinski definition) is 1. The number of benzene rings is 1. The molecule has 1 aromatic rings. The number of anilines is 1. The van der Waals surface area contributed by atoms with Gasteiger partial charge in [0.05, 0.1) is 0 Å². The van der Waals surface area contributed by atoms with Crippen molar-refractivity contribution in [3.8, 4) is 0 Å². The maximum atomic E-state index is 13.0. The van der Waals surface area contributed by atoms with Crippen molar-refractivity contribution in [3.63, 3.8) is 0 Å². The summed E-state index contributed by atoms with van der Waals surface area (Å²) >= 11 is 0. The fraction of sp³-hybridized carbons (Fsp3) is 0.222. The van der Waals surface area contributed by atoms with E-state index in [0.717, 1.165) is 12.1 Å². The summed E-state index contributed by atoms with van der Waals surface area (Å²) in [5.74, 6) is -2.22. The van der Waals surface area contributed by atoms with Gasteiger partial charge in [-0.2, -0.15) is 0 Å². The molecule has 0 saturated carbocycles. The second-order valence-corrected chi connectivity index (χ2v) is 2.58. The van der Waals surface area contributed by atoms with Gasteiger partial charge in [-0.1, -0.05) is 6.07 Å². The van der Waals surface area contributed by atoms with Gasteiger partial charge in [0.15, 0.2) is 0 Å². The number of rotatable bonds is 3. The number of ether oxygens (including phenoxy) is 1. The van der Waals surface area contributed by atoms with Gasteiger partial charge in [-0.15, -0.1) is 0 Å². The Morgan fingerprint density at radius 2 is 2.00 bits per heavy atom. The standard InChI is InChI=1S/C9H9F2NO2/c1-14-5-8(13)12-9-6(10)3-2-4-7(9)11/h2-4H,5H2,1H3,(H,12,13). The number of halogens is 2. The van der Waals surface area contributed by atoms with Crippen LogP contribution >= 0.6 is 0 Å². The molecule has 5 heteroatoms. The Hall–Kier alpha value is -1.49. The van der Waals surface area contributed by atoms with Crippen LogP contribution in [-0.2, 0) is 9.53 Å². The molecule has 0 fully saturated rings. The van der Waals surface area contributed by atoms with Crippen LogP contribution in [-0.4, -0.2) is 19.6 Å². The first-order valence-electron chi connectivity index (χ1n) is 3.88. The van der Waals surface area contributed by atoms with Gasteiger partial charge in [0.2, 0.25) is 0 Å². The molecular formula is C9H9F2NO2. The molecule has 0 unspecified atom stereocenters. The number of para-hydroxylation sites is 1. The molecule has 0 atom stereocenters. The minimum atomic E-state index is -0.811. The smallest absolute Gasteiger partial charge is 0.250 e. The van der Waals surface area contributed by atoms with E-state index < -0.39 is 23.2 Å². The maximum Gasteiger partial charge on any atom is 0.250 e. The van der Waals surface area contributed by atoms with Crippen LogP contribution < -0.4 is 5.32 Å². The average molecular weight is 201 g/mol.